The third kappa shape index (κ3) is 3.74. The van der Waals surface area contributed by atoms with Gasteiger partial charge in [-0.2, -0.15) is 0 Å². The van der Waals surface area contributed by atoms with Gasteiger partial charge in [0.1, 0.15) is 0 Å². The summed E-state index contributed by atoms with van der Waals surface area (Å²) in [6.45, 7) is 0.558. The summed E-state index contributed by atoms with van der Waals surface area (Å²) in [4.78, 5) is 10.7. The van der Waals surface area contributed by atoms with E-state index in [9.17, 15) is 4.79 Å². The molecule has 1 aromatic carbocycles. The number of rotatable bonds is 3. The minimum atomic E-state index is -0.407. The normalized spacial score (nSPS) is 9.07. The van der Waals surface area contributed by atoms with Crippen molar-refractivity contribution in [3.63, 3.8) is 0 Å². The van der Waals surface area contributed by atoms with Crippen LogP contribution < -0.4 is 5.32 Å². The molecule has 1 aromatic rings. The Morgan fingerprint density at radius 3 is 2.67 bits per heavy atom. The van der Waals surface area contributed by atoms with Crippen LogP contribution >= 0.6 is 0 Å². The Morgan fingerprint density at radius 2 is 2.13 bits per heavy atom. The van der Waals surface area contributed by atoms with Crippen LogP contribution in [0.25, 0.3) is 0 Å². The SMILES string of the molecule is C#Cc1ccc(CCNC(=O)OC)cc1. The Hall–Kier alpha value is -1.95. The number of benzene rings is 1. The van der Waals surface area contributed by atoms with Crippen LogP contribution in [0.3, 0.4) is 0 Å². The van der Waals surface area contributed by atoms with Gasteiger partial charge in [-0.25, -0.2) is 4.79 Å². The van der Waals surface area contributed by atoms with Gasteiger partial charge >= 0.3 is 6.09 Å². The second kappa shape index (κ2) is 5.71. The molecule has 0 aliphatic rings. The molecule has 0 fully saturated rings. The minimum Gasteiger partial charge on any atom is -0.453 e. The van der Waals surface area contributed by atoms with E-state index < -0.39 is 6.09 Å². The fourth-order valence-corrected chi connectivity index (χ4v) is 1.15. The van der Waals surface area contributed by atoms with Gasteiger partial charge in [-0.1, -0.05) is 18.1 Å². The lowest BCUT2D eigenvalue weighted by molar-refractivity contribution is 0.171. The Morgan fingerprint density at radius 1 is 1.47 bits per heavy atom. The molecule has 0 bridgehead atoms. The molecule has 0 spiro atoms. The minimum absolute atomic E-state index is 0.407. The van der Waals surface area contributed by atoms with E-state index in [0.29, 0.717) is 6.54 Å². The van der Waals surface area contributed by atoms with Crippen molar-refractivity contribution in [1.29, 1.82) is 0 Å². The van der Waals surface area contributed by atoms with E-state index in [1.807, 2.05) is 24.3 Å². The number of amides is 1. The second-order valence-electron chi connectivity index (χ2n) is 3.01. The number of methoxy groups -OCH3 is 1. The molecule has 0 unspecified atom stereocenters. The lowest BCUT2D eigenvalue weighted by atomic mass is 10.1. The first-order valence-electron chi connectivity index (χ1n) is 4.63. The van der Waals surface area contributed by atoms with E-state index in [-0.39, 0.29) is 0 Å². The zero-order chi connectivity index (χ0) is 11.1. The molecule has 0 aliphatic carbocycles. The first kappa shape index (κ1) is 11.1. The van der Waals surface area contributed by atoms with E-state index in [1.54, 1.807) is 0 Å². The standard InChI is InChI=1S/C12H13NO2/c1-3-10-4-6-11(7-5-10)8-9-13-12(14)15-2/h1,4-7H,8-9H2,2H3,(H,13,14). The highest BCUT2D eigenvalue weighted by Crippen LogP contribution is 2.03. The number of nitrogens with one attached hydrogen (secondary N) is 1. The Bertz CT molecular complexity index is 362. The maximum Gasteiger partial charge on any atom is 0.406 e. The van der Waals surface area contributed by atoms with Crippen LogP contribution in [0.5, 0.6) is 0 Å². The zero-order valence-electron chi connectivity index (χ0n) is 8.62. The summed E-state index contributed by atoms with van der Waals surface area (Å²) in [5, 5.41) is 2.61. The van der Waals surface area contributed by atoms with Crippen LogP contribution in [-0.2, 0) is 11.2 Å². The fourth-order valence-electron chi connectivity index (χ4n) is 1.15. The van der Waals surface area contributed by atoms with Gasteiger partial charge in [-0.05, 0) is 24.1 Å². The van der Waals surface area contributed by atoms with E-state index in [1.165, 1.54) is 7.11 Å². The first-order valence-corrected chi connectivity index (χ1v) is 4.63. The smallest absolute Gasteiger partial charge is 0.406 e. The molecule has 1 rings (SSSR count). The van der Waals surface area contributed by atoms with E-state index in [2.05, 4.69) is 16.0 Å². The quantitative estimate of drug-likeness (QED) is 0.757. The average molecular weight is 203 g/mol. The van der Waals surface area contributed by atoms with Crippen LogP contribution in [0.15, 0.2) is 24.3 Å². The number of carbonyl (C=O) groups excluding carboxylic acids is 1. The number of hydrogen-bond donors (Lipinski definition) is 1. The van der Waals surface area contributed by atoms with Gasteiger partial charge < -0.3 is 10.1 Å². The molecule has 0 saturated carbocycles. The zero-order valence-corrected chi connectivity index (χ0v) is 8.62. The van der Waals surface area contributed by atoms with E-state index in [0.717, 1.165) is 17.5 Å². The third-order valence-corrected chi connectivity index (χ3v) is 1.99. The van der Waals surface area contributed by atoms with Crippen molar-refractivity contribution in [1.82, 2.24) is 5.32 Å². The summed E-state index contributed by atoms with van der Waals surface area (Å²) >= 11 is 0. The summed E-state index contributed by atoms with van der Waals surface area (Å²) in [5.41, 5.74) is 1.99. The fraction of sp³-hybridized carbons (Fsp3) is 0.250. The molecule has 0 heterocycles. The summed E-state index contributed by atoms with van der Waals surface area (Å²) in [5.74, 6) is 2.55. The lowest BCUT2D eigenvalue weighted by Gasteiger charge is -2.03. The van der Waals surface area contributed by atoms with Gasteiger partial charge in [0.25, 0.3) is 0 Å². The predicted octanol–water partition coefficient (Wildman–Crippen LogP) is 1.57. The van der Waals surface area contributed by atoms with Gasteiger partial charge in [0.05, 0.1) is 7.11 Å². The van der Waals surface area contributed by atoms with Gasteiger partial charge in [-0.15, -0.1) is 6.42 Å². The summed E-state index contributed by atoms with van der Waals surface area (Å²) in [6.07, 6.45) is 5.59. The molecular formula is C12H13NO2. The van der Waals surface area contributed by atoms with Crippen molar-refractivity contribution in [2.24, 2.45) is 0 Å². The highest BCUT2D eigenvalue weighted by Gasteiger charge is 1.97. The largest absolute Gasteiger partial charge is 0.453 e. The van der Waals surface area contributed by atoms with Crippen molar-refractivity contribution < 1.29 is 9.53 Å². The maximum atomic E-state index is 10.7. The third-order valence-electron chi connectivity index (χ3n) is 1.99. The number of terminal acetylenes is 1. The molecule has 1 N–H and O–H groups in total. The molecule has 1 amide bonds. The summed E-state index contributed by atoms with van der Waals surface area (Å²) in [7, 11) is 1.34. The molecule has 0 atom stereocenters. The van der Waals surface area contributed by atoms with Gasteiger partial charge in [0.2, 0.25) is 0 Å². The van der Waals surface area contributed by atoms with Crippen molar-refractivity contribution in [3.8, 4) is 12.3 Å². The molecule has 78 valence electrons. The van der Waals surface area contributed by atoms with Gasteiger partial charge in [-0.3, -0.25) is 0 Å². The highest BCUT2D eigenvalue weighted by molar-refractivity contribution is 5.66. The molecule has 0 radical (unpaired) electrons. The van der Waals surface area contributed by atoms with Gasteiger partial charge in [0, 0.05) is 12.1 Å². The second-order valence-corrected chi connectivity index (χ2v) is 3.01. The molecule has 15 heavy (non-hydrogen) atoms. The van der Waals surface area contributed by atoms with E-state index >= 15 is 0 Å². The van der Waals surface area contributed by atoms with Gasteiger partial charge in [0.15, 0.2) is 0 Å². The highest BCUT2D eigenvalue weighted by atomic mass is 16.5. The predicted molar refractivity (Wildman–Crippen MR) is 58.5 cm³/mol. The van der Waals surface area contributed by atoms with Crippen molar-refractivity contribution in [2.75, 3.05) is 13.7 Å². The Kier molecular flexibility index (Phi) is 4.24. The Labute approximate surface area is 89.4 Å². The average Bonchev–Trinajstić information content (AvgIpc) is 2.29. The summed E-state index contributed by atoms with van der Waals surface area (Å²) in [6, 6.07) is 7.67. The van der Waals surface area contributed by atoms with Crippen LogP contribution in [0.1, 0.15) is 11.1 Å². The van der Waals surface area contributed by atoms with E-state index in [4.69, 9.17) is 6.42 Å². The van der Waals surface area contributed by atoms with Crippen molar-refractivity contribution >= 4 is 6.09 Å². The first-order chi connectivity index (χ1) is 7.26. The molecule has 0 aromatic heterocycles. The number of carbonyl (C=O) groups is 1. The molecule has 0 saturated heterocycles. The molecule has 3 nitrogen and oxygen atoms in total. The maximum absolute atomic E-state index is 10.7. The number of ether oxygens (including phenoxy) is 1. The topological polar surface area (TPSA) is 38.3 Å². The monoisotopic (exact) mass is 203 g/mol. The van der Waals surface area contributed by atoms with Crippen LogP contribution in [0.4, 0.5) is 4.79 Å². The summed E-state index contributed by atoms with van der Waals surface area (Å²) < 4.78 is 4.45. The number of alkyl carbamates (subject to hydrolysis) is 1. The lowest BCUT2D eigenvalue weighted by Crippen LogP contribution is -2.25. The molecule has 3 heteroatoms. The molecular weight excluding hydrogens is 190 g/mol. The van der Waals surface area contributed by atoms with Crippen LogP contribution in [0, 0.1) is 12.3 Å². The van der Waals surface area contributed by atoms with Crippen LogP contribution in [-0.4, -0.2) is 19.7 Å². The Balaban J connectivity index is 2.38. The molecule has 0 aliphatic heterocycles. The van der Waals surface area contributed by atoms with Crippen molar-refractivity contribution in [2.45, 2.75) is 6.42 Å². The van der Waals surface area contributed by atoms with Crippen molar-refractivity contribution in [3.05, 3.63) is 35.4 Å². The van der Waals surface area contributed by atoms with Crippen LogP contribution in [0.2, 0.25) is 0 Å². The number of hydrogen-bond acceptors (Lipinski definition) is 2.